The minimum absolute atomic E-state index is 0.0403. The van der Waals surface area contributed by atoms with Crippen LogP contribution in [-0.4, -0.2) is 49.0 Å². The van der Waals surface area contributed by atoms with Crippen LogP contribution in [0.25, 0.3) is 0 Å². The third-order valence-corrected chi connectivity index (χ3v) is 3.53. The van der Waals surface area contributed by atoms with Crippen LogP contribution in [0.4, 0.5) is 0 Å². The van der Waals surface area contributed by atoms with Gasteiger partial charge >= 0.3 is 0 Å². The summed E-state index contributed by atoms with van der Waals surface area (Å²) < 4.78 is 5.41. The molecule has 1 heterocycles. The van der Waals surface area contributed by atoms with Crippen molar-refractivity contribution in [2.45, 2.75) is 32.2 Å². The first kappa shape index (κ1) is 10.4. The van der Waals surface area contributed by atoms with Gasteiger partial charge in [-0.15, -0.1) is 0 Å². The first-order chi connectivity index (χ1) is 6.79. The average molecular weight is 199 g/mol. The van der Waals surface area contributed by atoms with Crippen LogP contribution < -0.4 is 0 Å². The predicted molar refractivity (Wildman–Crippen MR) is 55.2 cm³/mol. The zero-order chi connectivity index (χ0) is 10.0. The van der Waals surface area contributed by atoms with Gasteiger partial charge < -0.3 is 9.84 Å². The number of rotatable bonds is 5. The lowest BCUT2D eigenvalue weighted by Gasteiger charge is -2.32. The van der Waals surface area contributed by atoms with Crippen LogP contribution >= 0.6 is 0 Å². The maximum absolute atomic E-state index is 9.46. The van der Waals surface area contributed by atoms with Crippen LogP contribution in [0.5, 0.6) is 0 Å². The summed E-state index contributed by atoms with van der Waals surface area (Å²) in [5, 5.41) is 9.46. The first-order valence-corrected chi connectivity index (χ1v) is 5.72. The Kier molecular flexibility index (Phi) is 3.10. The van der Waals surface area contributed by atoms with Crippen molar-refractivity contribution >= 4 is 0 Å². The van der Waals surface area contributed by atoms with Crippen LogP contribution in [0.2, 0.25) is 0 Å². The number of aliphatic hydroxyl groups excluding tert-OH is 1. The molecule has 1 aliphatic carbocycles. The lowest BCUT2D eigenvalue weighted by atomic mass is 9.87. The van der Waals surface area contributed by atoms with E-state index in [1.807, 2.05) is 0 Å². The Morgan fingerprint density at radius 3 is 2.71 bits per heavy atom. The highest BCUT2D eigenvalue weighted by molar-refractivity contribution is 4.91. The molecule has 0 spiro atoms. The van der Waals surface area contributed by atoms with Crippen molar-refractivity contribution in [1.82, 2.24) is 4.90 Å². The SMILES string of the molecule is CCN(CC1(CO)CCOC1)C1CC1. The summed E-state index contributed by atoms with van der Waals surface area (Å²) in [5.41, 5.74) is 0.0403. The standard InChI is InChI=1S/C11H21NO2/c1-2-12(10-3-4-10)7-11(8-13)5-6-14-9-11/h10,13H,2-9H2,1H3. The van der Waals surface area contributed by atoms with Crippen LogP contribution in [0.1, 0.15) is 26.2 Å². The molecule has 0 bridgehead atoms. The monoisotopic (exact) mass is 199 g/mol. The maximum atomic E-state index is 9.46. The molecule has 0 radical (unpaired) electrons. The lowest BCUT2D eigenvalue weighted by Crippen LogP contribution is -2.41. The van der Waals surface area contributed by atoms with Crippen molar-refractivity contribution in [3.8, 4) is 0 Å². The van der Waals surface area contributed by atoms with Gasteiger partial charge in [0.05, 0.1) is 13.2 Å². The summed E-state index contributed by atoms with van der Waals surface area (Å²) in [6, 6.07) is 0.795. The highest BCUT2D eigenvalue weighted by atomic mass is 16.5. The molecule has 1 unspecified atom stereocenters. The van der Waals surface area contributed by atoms with Crippen LogP contribution in [0, 0.1) is 5.41 Å². The molecule has 1 N–H and O–H groups in total. The number of hydrogen-bond donors (Lipinski definition) is 1. The Hall–Kier alpha value is -0.120. The third kappa shape index (κ3) is 2.10. The Labute approximate surface area is 86.0 Å². The molecule has 3 heteroatoms. The predicted octanol–water partition coefficient (Wildman–Crippen LogP) is 0.870. The van der Waals surface area contributed by atoms with Crippen molar-refractivity contribution in [2.75, 3.05) is 32.9 Å². The van der Waals surface area contributed by atoms with E-state index in [1.165, 1.54) is 12.8 Å². The van der Waals surface area contributed by atoms with Gasteiger partial charge in [0, 0.05) is 24.6 Å². The van der Waals surface area contributed by atoms with Gasteiger partial charge in [-0.1, -0.05) is 6.92 Å². The second kappa shape index (κ2) is 4.17. The molecule has 1 aliphatic heterocycles. The molecular formula is C11H21NO2. The molecule has 82 valence electrons. The molecule has 3 nitrogen and oxygen atoms in total. The fourth-order valence-corrected chi connectivity index (χ4v) is 2.32. The molecule has 0 aromatic heterocycles. The van der Waals surface area contributed by atoms with Crippen molar-refractivity contribution in [1.29, 1.82) is 0 Å². The highest BCUT2D eigenvalue weighted by Gasteiger charge is 2.39. The van der Waals surface area contributed by atoms with Gasteiger partial charge in [-0.25, -0.2) is 0 Å². The number of ether oxygens (including phenoxy) is 1. The van der Waals surface area contributed by atoms with Crippen LogP contribution in [-0.2, 0) is 4.74 Å². The van der Waals surface area contributed by atoms with E-state index in [4.69, 9.17) is 4.74 Å². The smallest absolute Gasteiger partial charge is 0.0557 e. The Balaban J connectivity index is 1.91. The highest BCUT2D eigenvalue weighted by Crippen LogP contribution is 2.34. The largest absolute Gasteiger partial charge is 0.396 e. The molecule has 1 saturated carbocycles. The maximum Gasteiger partial charge on any atom is 0.0557 e. The third-order valence-electron chi connectivity index (χ3n) is 3.53. The summed E-state index contributed by atoms with van der Waals surface area (Å²) in [7, 11) is 0. The number of aliphatic hydroxyl groups is 1. The summed E-state index contributed by atoms with van der Waals surface area (Å²) in [5.74, 6) is 0. The van der Waals surface area contributed by atoms with E-state index in [2.05, 4.69) is 11.8 Å². The van der Waals surface area contributed by atoms with Gasteiger partial charge in [0.25, 0.3) is 0 Å². The summed E-state index contributed by atoms with van der Waals surface area (Å²) in [6.07, 6.45) is 3.71. The Bertz CT molecular complexity index is 186. The lowest BCUT2D eigenvalue weighted by molar-refractivity contribution is 0.0557. The van der Waals surface area contributed by atoms with Gasteiger partial charge in [-0.3, -0.25) is 4.90 Å². The molecule has 0 amide bonds. The first-order valence-electron chi connectivity index (χ1n) is 5.72. The van der Waals surface area contributed by atoms with E-state index in [0.29, 0.717) is 0 Å². The van der Waals surface area contributed by atoms with E-state index in [1.54, 1.807) is 0 Å². The Morgan fingerprint density at radius 2 is 2.29 bits per heavy atom. The molecule has 2 fully saturated rings. The molecule has 2 aliphatic rings. The van der Waals surface area contributed by atoms with Crippen molar-refractivity contribution in [2.24, 2.45) is 5.41 Å². The van der Waals surface area contributed by atoms with Crippen LogP contribution in [0.15, 0.2) is 0 Å². The fraction of sp³-hybridized carbons (Fsp3) is 1.00. The minimum atomic E-state index is 0.0403. The number of hydrogen-bond acceptors (Lipinski definition) is 3. The fourth-order valence-electron chi connectivity index (χ4n) is 2.32. The van der Waals surface area contributed by atoms with Gasteiger partial charge in [-0.05, 0) is 25.8 Å². The van der Waals surface area contributed by atoms with E-state index >= 15 is 0 Å². The zero-order valence-corrected chi connectivity index (χ0v) is 9.04. The Morgan fingerprint density at radius 1 is 1.50 bits per heavy atom. The average Bonchev–Trinajstić information content (AvgIpc) is 2.96. The van der Waals surface area contributed by atoms with Gasteiger partial charge in [0.15, 0.2) is 0 Å². The topological polar surface area (TPSA) is 32.7 Å². The van der Waals surface area contributed by atoms with Crippen molar-refractivity contribution in [3.63, 3.8) is 0 Å². The van der Waals surface area contributed by atoms with Crippen LogP contribution in [0.3, 0.4) is 0 Å². The quantitative estimate of drug-likeness (QED) is 0.713. The van der Waals surface area contributed by atoms with E-state index in [-0.39, 0.29) is 12.0 Å². The molecule has 0 aromatic rings. The van der Waals surface area contributed by atoms with E-state index in [9.17, 15) is 5.11 Å². The van der Waals surface area contributed by atoms with Gasteiger partial charge in [-0.2, -0.15) is 0 Å². The minimum Gasteiger partial charge on any atom is -0.396 e. The second-order valence-electron chi connectivity index (χ2n) is 4.75. The number of nitrogens with zero attached hydrogens (tertiary/aromatic N) is 1. The normalized spacial score (nSPS) is 32.8. The molecule has 14 heavy (non-hydrogen) atoms. The molecule has 1 atom stereocenters. The van der Waals surface area contributed by atoms with E-state index in [0.717, 1.165) is 38.8 Å². The summed E-state index contributed by atoms with van der Waals surface area (Å²) in [4.78, 5) is 2.50. The molecular weight excluding hydrogens is 178 g/mol. The van der Waals surface area contributed by atoms with Gasteiger partial charge in [0.1, 0.15) is 0 Å². The summed E-state index contributed by atoms with van der Waals surface area (Å²) in [6.45, 7) is 6.17. The van der Waals surface area contributed by atoms with Gasteiger partial charge in [0.2, 0.25) is 0 Å². The summed E-state index contributed by atoms with van der Waals surface area (Å²) >= 11 is 0. The van der Waals surface area contributed by atoms with E-state index < -0.39 is 0 Å². The van der Waals surface area contributed by atoms with Crippen molar-refractivity contribution < 1.29 is 9.84 Å². The molecule has 2 rings (SSSR count). The molecule has 1 saturated heterocycles. The second-order valence-corrected chi connectivity index (χ2v) is 4.75. The zero-order valence-electron chi connectivity index (χ0n) is 9.04. The van der Waals surface area contributed by atoms with Crippen molar-refractivity contribution in [3.05, 3.63) is 0 Å². The molecule has 0 aromatic carbocycles.